The molecule has 0 aliphatic heterocycles. The number of benzene rings is 1. The van der Waals surface area contributed by atoms with Crippen LogP contribution in [0.3, 0.4) is 0 Å². The number of hydrogen-bond donors (Lipinski definition) is 0. The van der Waals surface area contributed by atoms with Crippen molar-refractivity contribution >= 4 is 17.7 Å². The minimum Gasteiger partial charge on any atom is -0.465 e. The second-order valence-electron chi connectivity index (χ2n) is 4.97. The van der Waals surface area contributed by atoms with E-state index in [2.05, 4.69) is 19.1 Å². The lowest BCUT2D eigenvalue weighted by Gasteiger charge is -2.05. The molecule has 0 saturated heterocycles. The summed E-state index contributed by atoms with van der Waals surface area (Å²) < 4.78 is 5.23. The summed E-state index contributed by atoms with van der Waals surface area (Å²) in [5.41, 5.74) is 1.25. The average molecular weight is 294 g/mol. The Kier molecular flexibility index (Phi) is 10.1. The Morgan fingerprint density at radius 3 is 2.50 bits per heavy atom. The molecule has 0 N–H and O–H groups in total. The number of ether oxygens (including phenoxy) is 1. The second kappa shape index (κ2) is 11.8. The molecule has 112 valence electrons. The van der Waals surface area contributed by atoms with Crippen molar-refractivity contribution in [3.8, 4) is 0 Å². The van der Waals surface area contributed by atoms with Gasteiger partial charge in [0.15, 0.2) is 0 Å². The summed E-state index contributed by atoms with van der Waals surface area (Å²) >= 11 is 1.61. The van der Waals surface area contributed by atoms with Gasteiger partial charge in [0.1, 0.15) is 0 Å². The number of carbonyl (C=O) groups is 1. The third-order valence-corrected chi connectivity index (χ3v) is 4.07. The maximum absolute atomic E-state index is 11.5. The van der Waals surface area contributed by atoms with Gasteiger partial charge in [0.05, 0.1) is 12.4 Å². The van der Waals surface area contributed by atoms with Gasteiger partial charge in [-0.25, -0.2) is 0 Å². The summed E-state index contributed by atoms with van der Waals surface area (Å²) in [6.45, 7) is 2.80. The topological polar surface area (TPSA) is 26.3 Å². The molecule has 0 saturated carbocycles. The highest BCUT2D eigenvalue weighted by Crippen LogP contribution is 2.12. The molecule has 0 aliphatic rings. The van der Waals surface area contributed by atoms with Crippen LogP contribution < -0.4 is 0 Å². The van der Waals surface area contributed by atoms with E-state index in [1.54, 1.807) is 11.8 Å². The summed E-state index contributed by atoms with van der Waals surface area (Å²) in [5.74, 6) is 1.23. The number of unbranched alkanes of at least 4 members (excludes halogenated alkanes) is 5. The summed E-state index contributed by atoms with van der Waals surface area (Å²) in [4.78, 5) is 11.5. The van der Waals surface area contributed by atoms with Gasteiger partial charge in [-0.05, 0) is 12.0 Å². The minimum absolute atomic E-state index is 0.0838. The first kappa shape index (κ1) is 17.1. The van der Waals surface area contributed by atoms with Crippen molar-refractivity contribution in [2.45, 2.75) is 51.2 Å². The number of carbonyl (C=O) groups excluding carboxylic acids is 1. The molecule has 0 spiro atoms. The largest absolute Gasteiger partial charge is 0.465 e. The standard InChI is InChI=1S/C17H26O2S/c1-2-3-4-5-6-10-13-19-17(18)15-20-14-16-11-8-7-9-12-16/h7-9,11-12H,2-6,10,13-15H2,1H3. The quantitative estimate of drug-likeness (QED) is 0.432. The number of rotatable bonds is 11. The van der Waals surface area contributed by atoms with Crippen molar-refractivity contribution in [1.82, 2.24) is 0 Å². The predicted octanol–water partition coefficient (Wildman–Crippen LogP) is 4.82. The van der Waals surface area contributed by atoms with Gasteiger partial charge in [-0.2, -0.15) is 0 Å². The van der Waals surface area contributed by atoms with E-state index < -0.39 is 0 Å². The zero-order valence-corrected chi connectivity index (χ0v) is 13.3. The summed E-state index contributed by atoms with van der Waals surface area (Å²) in [6, 6.07) is 10.2. The van der Waals surface area contributed by atoms with Crippen LogP contribution in [-0.2, 0) is 15.3 Å². The lowest BCUT2D eigenvalue weighted by molar-refractivity contribution is -0.140. The first-order valence-corrected chi connectivity index (χ1v) is 8.75. The van der Waals surface area contributed by atoms with E-state index in [0.717, 1.165) is 12.2 Å². The van der Waals surface area contributed by atoms with Gasteiger partial charge in [0, 0.05) is 5.75 Å². The molecule has 0 bridgehead atoms. The first-order valence-electron chi connectivity index (χ1n) is 7.60. The SMILES string of the molecule is CCCCCCCCOC(=O)CSCc1ccccc1. The third kappa shape index (κ3) is 9.03. The molecule has 3 heteroatoms. The van der Waals surface area contributed by atoms with Gasteiger partial charge in [-0.15, -0.1) is 11.8 Å². The van der Waals surface area contributed by atoms with E-state index in [0.29, 0.717) is 12.4 Å². The fourth-order valence-electron chi connectivity index (χ4n) is 1.94. The maximum atomic E-state index is 11.5. The first-order chi connectivity index (χ1) is 9.83. The van der Waals surface area contributed by atoms with Crippen LogP contribution in [0.1, 0.15) is 51.0 Å². The predicted molar refractivity (Wildman–Crippen MR) is 86.9 cm³/mol. The van der Waals surface area contributed by atoms with Crippen LogP contribution in [0, 0.1) is 0 Å². The Labute approximate surface area is 127 Å². The second-order valence-corrected chi connectivity index (χ2v) is 5.95. The van der Waals surface area contributed by atoms with Gasteiger partial charge < -0.3 is 4.74 Å². The van der Waals surface area contributed by atoms with Gasteiger partial charge in [0.2, 0.25) is 0 Å². The van der Waals surface area contributed by atoms with Crippen LogP contribution in [0.2, 0.25) is 0 Å². The molecule has 0 heterocycles. The lowest BCUT2D eigenvalue weighted by atomic mass is 10.1. The molecule has 2 nitrogen and oxygen atoms in total. The monoisotopic (exact) mass is 294 g/mol. The Hall–Kier alpha value is -0.960. The van der Waals surface area contributed by atoms with Crippen molar-refractivity contribution < 1.29 is 9.53 Å². The van der Waals surface area contributed by atoms with Crippen LogP contribution in [0.4, 0.5) is 0 Å². The van der Waals surface area contributed by atoms with E-state index in [1.807, 2.05) is 18.2 Å². The van der Waals surface area contributed by atoms with E-state index in [4.69, 9.17) is 4.74 Å². The molecule has 0 aliphatic carbocycles. The molecule has 0 unspecified atom stereocenters. The average Bonchev–Trinajstić information content (AvgIpc) is 2.47. The van der Waals surface area contributed by atoms with Gasteiger partial charge in [-0.3, -0.25) is 4.79 Å². The zero-order valence-electron chi connectivity index (χ0n) is 12.5. The van der Waals surface area contributed by atoms with Crippen LogP contribution in [0.15, 0.2) is 30.3 Å². The number of hydrogen-bond acceptors (Lipinski definition) is 3. The summed E-state index contributed by atoms with van der Waals surface area (Å²) in [5, 5.41) is 0. The normalized spacial score (nSPS) is 10.4. The van der Waals surface area contributed by atoms with Crippen molar-refractivity contribution in [3.05, 3.63) is 35.9 Å². The third-order valence-electron chi connectivity index (χ3n) is 3.09. The highest BCUT2D eigenvalue weighted by atomic mass is 32.2. The van der Waals surface area contributed by atoms with E-state index in [9.17, 15) is 4.79 Å². The minimum atomic E-state index is -0.0838. The molecule has 0 amide bonds. The van der Waals surface area contributed by atoms with E-state index in [-0.39, 0.29) is 5.97 Å². The lowest BCUT2D eigenvalue weighted by Crippen LogP contribution is -2.08. The van der Waals surface area contributed by atoms with Crippen LogP contribution in [0.25, 0.3) is 0 Å². The molecular formula is C17H26O2S. The van der Waals surface area contributed by atoms with Crippen LogP contribution >= 0.6 is 11.8 Å². The highest BCUT2D eigenvalue weighted by molar-refractivity contribution is 7.99. The van der Waals surface area contributed by atoms with Gasteiger partial charge in [-0.1, -0.05) is 69.4 Å². The maximum Gasteiger partial charge on any atom is 0.315 e. The van der Waals surface area contributed by atoms with Crippen molar-refractivity contribution in [2.75, 3.05) is 12.4 Å². The molecule has 1 aromatic carbocycles. The van der Waals surface area contributed by atoms with Crippen molar-refractivity contribution in [2.24, 2.45) is 0 Å². The number of thioether (sulfide) groups is 1. The molecule has 0 radical (unpaired) electrons. The Morgan fingerprint density at radius 2 is 1.75 bits per heavy atom. The molecule has 0 aromatic heterocycles. The molecule has 1 aromatic rings. The molecule has 0 fully saturated rings. The Balaban J connectivity index is 1.93. The zero-order chi connectivity index (χ0) is 14.5. The van der Waals surface area contributed by atoms with E-state index >= 15 is 0 Å². The molecular weight excluding hydrogens is 268 g/mol. The van der Waals surface area contributed by atoms with E-state index in [1.165, 1.54) is 37.7 Å². The fraction of sp³-hybridized carbons (Fsp3) is 0.588. The summed E-state index contributed by atoms with van der Waals surface area (Å²) in [7, 11) is 0. The molecule has 0 atom stereocenters. The number of esters is 1. The molecule has 1 rings (SSSR count). The highest BCUT2D eigenvalue weighted by Gasteiger charge is 2.03. The van der Waals surface area contributed by atoms with Crippen LogP contribution in [0.5, 0.6) is 0 Å². The summed E-state index contributed by atoms with van der Waals surface area (Å²) in [6.07, 6.45) is 7.32. The fourth-order valence-corrected chi connectivity index (χ4v) is 2.72. The smallest absolute Gasteiger partial charge is 0.315 e. The van der Waals surface area contributed by atoms with Gasteiger partial charge >= 0.3 is 5.97 Å². The van der Waals surface area contributed by atoms with Gasteiger partial charge in [0.25, 0.3) is 0 Å². The Bertz CT molecular complexity index is 351. The molecule has 20 heavy (non-hydrogen) atoms. The van der Waals surface area contributed by atoms with Crippen molar-refractivity contribution in [1.29, 1.82) is 0 Å². The Morgan fingerprint density at radius 1 is 1.05 bits per heavy atom. The van der Waals surface area contributed by atoms with Crippen molar-refractivity contribution in [3.63, 3.8) is 0 Å². The van der Waals surface area contributed by atoms with Crippen LogP contribution in [-0.4, -0.2) is 18.3 Å².